The summed E-state index contributed by atoms with van der Waals surface area (Å²) < 4.78 is 4.92. The standard InChI is InChI=1S/C19H30O4/c1-17(2)11-7-3-4-8-12-18(21)13-9-5-6-10-14-23-16-19(22)15-20/h10,14,17-22H,3-4,7-8,11-12,15-16H2,1-2H3/b14-10-/t18-,19+/m1/s1. The minimum absolute atomic E-state index is 0.0240. The summed E-state index contributed by atoms with van der Waals surface area (Å²) in [5.41, 5.74) is 0. The van der Waals surface area contributed by atoms with Crippen LogP contribution in [0.4, 0.5) is 0 Å². The van der Waals surface area contributed by atoms with Crippen LogP contribution in [0, 0.1) is 29.6 Å². The monoisotopic (exact) mass is 322 g/mol. The number of allylic oxidation sites excluding steroid dienone is 1. The van der Waals surface area contributed by atoms with E-state index in [1.165, 1.54) is 31.6 Å². The Kier molecular flexibility index (Phi) is 14.5. The molecule has 23 heavy (non-hydrogen) atoms. The number of hydrogen-bond acceptors (Lipinski definition) is 4. The molecule has 0 unspecified atom stereocenters. The maximum Gasteiger partial charge on any atom is 0.115 e. The number of aliphatic hydroxyl groups excluding tert-OH is 3. The van der Waals surface area contributed by atoms with Gasteiger partial charge in [0.2, 0.25) is 0 Å². The van der Waals surface area contributed by atoms with Crippen LogP contribution < -0.4 is 0 Å². The van der Waals surface area contributed by atoms with Crippen molar-refractivity contribution in [1.82, 2.24) is 0 Å². The molecule has 0 aliphatic heterocycles. The summed E-state index contributed by atoms with van der Waals surface area (Å²) in [6.07, 6.45) is 7.85. The zero-order valence-electron chi connectivity index (χ0n) is 14.3. The third-order valence-corrected chi connectivity index (χ3v) is 3.13. The second-order valence-electron chi connectivity index (χ2n) is 5.91. The maximum atomic E-state index is 9.69. The molecule has 0 bridgehead atoms. The second kappa shape index (κ2) is 15.4. The van der Waals surface area contributed by atoms with Gasteiger partial charge in [-0.1, -0.05) is 51.4 Å². The fourth-order valence-corrected chi connectivity index (χ4v) is 1.81. The van der Waals surface area contributed by atoms with Crippen molar-refractivity contribution in [3.8, 4) is 23.7 Å². The Balaban J connectivity index is 3.68. The van der Waals surface area contributed by atoms with Gasteiger partial charge in [-0.3, -0.25) is 0 Å². The molecule has 0 saturated carbocycles. The van der Waals surface area contributed by atoms with Crippen LogP contribution in [0.15, 0.2) is 12.3 Å². The second-order valence-corrected chi connectivity index (χ2v) is 5.91. The first-order valence-corrected chi connectivity index (χ1v) is 8.31. The highest BCUT2D eigenvalue weighted by Crippen LogP contribution is 2.11. The molecule has 0 radical (unpaired) electrons. The Morgan fingerprint density at radius 2 is 1.70 bits per heavy atom. The van der Waals surface area contributed by atoms with E-state index in [-0.39, 0.29) is 13.2 Å². The van der Waals surface area contributed by atoms with Gasteiger partial charge in [0.25, 0.3) is 0 Å². The Morgan fingerprint density at radius 3 is 2.35 bits per heavy atom. The van der Waals surface area contributed by atoms with Crippen LogP contribution in [0.25, 0.3) is 0 Å². The molecule has 0 spiro atoms. The molecule has 2 atom stereocenters. The molecule has 0 aromatic heterocycles. The first-order chi connectivity index (χ1) is 11.1. The van der Waals surface area contributed by atoms with E-state index in [9.17, 15) is 5.11 Å². The average molecular weight is 322 g/mol. The lowest BCUT2D eigenvalue weighted by molar-refractivity contribution is 0.0385. The summed E-state index contributed by atoms with van der Waals surface area (Å²) in [5, 5.41) is 27.3. The molecule has 4 heteroatoms. The van der Waals surface area contributed by atoms with Crippen molar-refractivity contribution in [3.05, 3.63) is 12.3 Å². The minimum atomic E-state index is -0.882. The lowest BCUT2D eigenvalue weighted by Crippen LogP contribution is -2.17. The van der Waals surface area contributed by atoms with Gasteiger partial charge in [0.05, 0.1) is 12.9 Å². The van der Waals surface area contributed by atoms with E-state index >= 15 is 0 Å². The summed E-state index contributed by atoms with van der Waals surface area (Å²) in [6, 6.07) is 0. The van der Waals surface area contributed by atoms with Gasteiger partial charge in [-0.2, -0.15) is 0 Å². The van der Waals surface area contributed by atoms with Crippen LogP contribution >= 0.6 is 0 Å². The van der Waals surface area contributed by atoms with Crippen LogP contribution in [-0.2, 0) is 4.74 Å². The molecule has 0 aromatic carbocycles. The summed E-state index contributed by atoms with van der Waals surface area (Å²) >= 11 is 0. The molecule has 130 valence electrons. The van der Waals surface area contributed by atoms with Crippen molar-refractivity contribution in [2.75, 3.05) is 13.2 Å². The molecule has 0 saturated heterocycles. The molecular formula is C19H30O4. The van der Waals surface area contributed by atoms with E-state index in [2.05, 4.69) is 37.5 Å². The van der Waals surface area contributed by atoms with Crippen molar-refractivity contribution in [1.29, 1.82) is 0 Å². The Bertz CT molecular complexity index is 420. The molecule has 0 aliphatic carbocycles. The zero-order chi connectivity index (χ0) is 17.3. The normalized spacial score (nSPS) is 13.1. The number of hydrogen-bond donors (Lipinski definition) is 3. The lowest BCUT2D eigenvalue weighted by atomic mass is 10.0. The topological polar surface area (TPSA) is 69.9 Å². The average Bonchev–Trinajstić information content (AvgIpc) is 2.52. The van der Waals surface area contributed by atoms with Crippen molar-refractivity contribution in [2.24, 2.45) is 5.92 Å². The minimum Gasteiger partial charge on any atom is -0.498 e. The van der Waals surface area contributed by atoms with E-state index in [4.69, 9.17) is 14.9 Å². The third kappa shape index (κ3) is 16.7. The maximum absolute atomic E-state index is 9.69. The SMILES string of the molecule is CC(C)CCCCCC[C@@H](O)C#CC#C/C=C\OC[C@@H](O)CO. The van der Waals surface area contributed by atoms with Crippen LogP contribution in [0.2, 0.25) is 0 Å². The zero-order valence-corrected chi connectivity index (χ0v) is 14.3. The summed E-state index contributed by atoms with van der Waals surface area (Å²) in [4.78, 5) is 0. The first-order valence-electron chi connectivity index (χ1n) is 8.31. The highest BCUT2D eigenvalue weighted by atomic mass is 16.5. The molecule has 0 aliphatic rings. The van der Waals surface area contributed by atoms with Gasteiger partial charge in [-0.05, 0) is 30.6 Å². The summed E-state index contributed by atoms with van der Waals surface area (Å²) in [7, 11) is 0. The van der Waals surface area contributed by atoms with Crippen molar-refractivity contribution in [2.45, 2.75) is 64.6 Å². The number of unbranched alkanes of at least 4 members (excludes halogenated alkanes) is 3. The third-order valence-electron chi connectivity index (χ3n) is 3.13. The van der Waals surface area contributed by atoms with Gasteiger partial charge < -0.3 is 20.1 Å². The molecule has 0 rings (SSSR count). The lowest BCUT2D eigenvalue weighted by Gasteiger charge is -2.05. The van der Waals surface area contributed by atoms with E-state index in [0.717, 1.165) is 18.8 Å². The van der Waals surface area contributed by atoms with Gasteiger partial charge in [-0.25, -0.2) is 0 Å². The van der Waals surface area contributed by atoms with E-state index in [0.29, 0.717) is 6.42 Å². The molecule has 0 amide bonds. The largest absolute Gasteiger partial charge is 0.498 e. The quantitative estimate of drug-likeness (QED) is 0.310. The first kappa shape index (κ1) is 21.5. The van der Waals surface area contributed by atoms with E-state index < -0.39 is 12.2 Å². The fraction of sp³-hybridized carbons (Fsp3) is 0.684. The van der Waals surface area contributed by atoms with Crippen LogP contribution in [-0.4, -0.2) is 40.7 Å². The number of ether oxygens (including phenoxy) is 1. The number of rotatable bonds is 11. The van der Waals surface area contributed by atoms with E-state index in [1.807, 2.05) is 0 Å². The van der Waals surface area contributed by atoms with E-state index in [1.54, 1.807) is 0 Å². The van der Waals surface area contributed by atoms with Crippen molar-refractivity contribution >= 4 is 0 Å². The smallest absolute Gasteiger partial charge is 0.115 e. The van der Waals surface area contributed by atoms with Crippen molar-refractivity contribution in [3.63, 3.8) is 0 Å². The Morgan fingerprint density at radius 1 is 1.00 bits per heavy atom. The Labute approximate surface area is 140 Å². The van der Waals surface area contributed by atoms with Gasteiger partial charge in [-0.15, -0.1) is 0 Å². The molecular weight excluding hydrogens is 292 g/mol. The van der Waals surface area contributed by atoms with Crippen LogP contribution in [0.1, 0.15) is 52.4 Å². The van der Waals surface area contributed by atoms with Gasteiger partial charge in [0.1, 0.15) is 18.8 Å². The number of aliphatic hydroxyl groups is 3. The molecule has 0 fully saturated rings. The van der Waals surface area contributed by atoms with Gasteiger partial charge >= 0.3 is 0 Å². The fourth-order valence-electron chi connectivity index (χ4n) is 1.81. The van der Waals surface area contributed by atoms with Gasteiger partial charge in [0.15, 0.2) is 0 Å². The van der Waals surface area contributed by atoms with Crippen LogP contribution in [0.5, 0.6) is 0 Å². The summed E-state index contributed by atoms with van der Waals surface area (Å²) in [6.45, 7) is 4.16. The predicted molar refractivity (Wildman–Crippen MR) is 92.3 cm³/mol. The predicted octanol–water partition coefficient (Wildman–Crippen LogP) is 2.23. The Hall–Kier alpha value is -1.46. The molecule has 0 heterocycles. The molecule has 0 aromatic rings. The highest BCUT2D eigenvalue weighted by molar-refractivity contribution is 5.31. The van der Waals surface area contributed by atoms with Gasteiger partial charge in [0, 0.05) is 6.08 Å². The summed E-state index contributed by atoms with van der Waals surface area (Å²) in [5.74, 6) is 11.3. The van der Waals surface area contributed by atoms with Crippen molar-refractivity contribution < 1.29 is 20.1 Å². The highest BCUT2D eigenvalue weighted by Gasteiger charge is 1.99. The molecule has 4 nitrogen and oxygen atoms in total. The molecule has 3 N–H and O–H groups in total. The van der Waals surface area contributed by atoms with Crippen LogP contribution in [0.3, 0.4) is 0 Å².